The number of allylic oxidation sites excluding steroid dienone is 1. The van der Waals surface area contributed by atoms with E-state index in [4.69, 9.17) is 9.47 Å². The molecule has 2 nitrogen and oxygen atoms in total. The molecule has 0 spiro atoms. The van der Waals surface area contributed by atoms with Crippen LogP contribution in [0.2, 0.25) is 0 Å². The molecule has 1 aliphatic carbocycles. The molecule has 1 rings (SSSR count). The number of hydrogen-bond donors (Lipinski definition) is 0. The van der Waals surface area contributed by atoms with E-state index >= 15 is 0 Å². The van der Waals surface area contributed by atoms with Gasteiger partial charge in [-0.2, -0.15) is 0 Å². The third kappa shape index (κ3) is 2.85. The number of halogens is 1. The summed E-state index contributed by atoms with van der Waals surface area (Å²) in [5, 5.41) is 0.820. The molecular weight excluding hydrogens is 244 g/mol. The van der Waals surface area contributed by atoms with Crippen LogP contribution < -0.4 is 0 Å². The van der Waals surface area contributed by atoms with Crippen LogP contribution in [0, 0.1) is 0 Å². The fourth-order valence-corrected chi connectivity index (χ4v) is 2.03. The quantitative estimate of drug-likeness (QED) is 0.708. The third-order valence-corrected chi connectivity index (χ3v) is 3.12. The molecule has 0 saturated carbocycles. The van der Waals surface area contributed by atoms with Gasteiger partial charge in [0, 0.05) is 18.4 Å². The molecule has 0 bridgehead atoms. The van der Waals surface area contributed by atoms with Gasteiger partial charge in [0.1, 0.15) is 5.76 Å². The van der Waals surface area contributed by atoms with E-state index in [2.05, 4.69) is 28.1 Å². The number of alkyl halides is 1. The summed E-state index contributed by atoms with van der Waals surface area (Å²) in [4.78, 5) is 0. The van der Waals surface area contributed by atoms with E-state index in [1.165, 1.54) is 0 Å². The maximum Gasteiger partial charge on any atom is 0.115 e. The van der Waals surface area contributed by atoms with Crippen LogP contribution in [0.4, 0.5) is 0 Å². The highest BCUT2D eigenvalue weighted by molar-refractivity contribution is 9.09. The van der Waals surface area contributed by atoms with Gasteiger partial charge in [0.15, 0.2) is 0 Å². The van der Waals surface area contributed by atoms with Crippen molar-refractivity contribution in [3.8, 4) is 0 Å². The molecular formula is C11H17BrO2. The van der Waals surface area contributed by atoms with Crippen LogP contribution >= 0.6 is 15.9 Å². The van der Waals surface area contributed by atoms with Gasteiger partial charge < -0.3 is 9.47 Å². The lowest BCUT2D eigenvalue weighted by atomic mass is 9.97. The van der Waals surface area contributed by atoms with Gasteiger partial charge >= 0.3 is 0 Å². The summed E-state index contributed by atoms with van der Waals surface area (Å²) < 4.78 is 11.1. The summed E-state index contributed by atoms with van der Waals surface area (Å²) in [6, 6.07) is 0. The fourth-order valence-electron chi connectivity index (χ4n) is 1.45. The Morgan fingerprint density at radius 1 is 1.43 bits per heavy atom. The highest BCUT2D eigenvalue weighted by atomic mass is 79.9. The molecule has 0 N–H and O–H groups in total. The maximum absolute atomic E-state index is 5.71. The number of rotatable bonds is 5. The second-order valence-corrected chi connectivity index (χ2v) is 3.77. The minimum Gasteiger partial charge on any atom is -0.494 e. The Balaban J connectivity index is 2.59. The van der Waals surface area contributed by atoms with Gasteiger partial charge in [0.05, 0.1) is 12.2 Å². The molecule has 0 saturated heterocycles. The average Bonchev–Trinajstić information content (AvgIpc) is 2.22. The molecule has 0 aromatic rings. The van der Waals surface area contributed by atoms with Crippen LogP contribution in [-0.2, 0) is 9.47 Å². The first-order chi connectivity index (χ1) is 6.76. The first kappa shape index (κ1) is 11.8. The Bertz CT molecular complexity index is 235. The van der Waals surface area contributed by atoms with Gasteiger partial charge in [-0.1, -0.05) is 15.9 Å². The van der Waals surface area contributed by atoms with Crippen LogP contribution in [0.1, 0.15) is 20.3 Å². The van der Waals surface area contributed by atoms with E-state index in [0.29, 0.717) is 6.61 Å². The number of ether oxygens (including phenoxy) is 2. The van der Waals surface area contributed by atoms with Crippen molar-refractivity contribution in [2.75, 3.05) is 18.5 Å². The highest BCUT2D eigenvalue weighted by Gasteiger charge is 2.27. The molecule has 0 fully saturated rings. The molecule has 0 radical (unpaired) electrons. The van der Waals surface area contributed by atoms with Gasteiger partial charge in [-0.25, -0.2) is 0 Å². The SMILES string of the molecule is CCOC1=CCC(CBr)(OCC)C=C1. The Labute approximate surface area is 94.1 Å². The molecule has 1 unspecified atom stereocenters. The van der Waals surface area contributed by atoms with E-state index < -0.39 is 0 Å². The second-order valence-electron chi connectivity index (χ2n) is 3.21. The van der Waals surface area contributed by atoms with Crippen molar-refractivity contribution in [3.63, 3.8) is 0 Å². The molecule has 1 aliphatic rings. The summed E-state index contributed by atoms with van der Waals surface area (Å²) >= 11 is 3.48. The lowest BCUT2D eigenvalue weighted by molar-refractivity contribution is 0.0182. The maximum atomic E-state index is 5.71. The van der Waals surface area contributed by atoms with E-state index in [1.54, 1.807) is 0 Å². The summed E-state index contributed by atoms with van der Waals surface area (Å²) in [7, 11) is 0. The van der Waals surface area contributed by atoms with Crippen molar-refractivity contribution in [2.45, 2.75) is 25.9 Å². The molecule has 0 aliphatic heterocycles. The minimum atomic E-state index is -0.171. The first-order valence-corrected chi connectivity index (χ1v) is 6.10. The number of hydrogen-bond acceptors (Lipinski definition) is 2. The summed E-state index contributed by atoms with van der Waals surface area (Å²) in [6.45, 7) is 5.45. The van der Waals surface area contributed by atoms with E-state index in [0.717, 1.165) is 24.1 Å². The largest absolute Gasteiger partial charge is 0.494 e. The lowest BCUT2D eigenvalue weighted by Crippen LogP contribution is -2.33. The van der Waals surface area contributed by atoms with E-state index in [-0.39, 0.29) is 5.60 Å². The molecule has 1 atom stereocenters. The molecule has 80 valence electrons. The van der Waals surface area contributed by atoms with Crippen molar-refractivity contribution in [1.29, 1.82) is 0 Å². The predicted molar refractivity (Wildman–Crippen MR) is 61.6 cm³/mol. The molecule has 0 aromatic carbocycles. The fraction of sp³-hybridized carbons (Fsp3) is 0.636. The van der Waals surface area contributed by atoms with Gasteiger partial charge in [-0.3, -0.25) is 0 Å². The van der Waals surface area contributed by atoms with Crippen molar-refractivity contribution in [2.24, 2.45) is 0 Å². The van der Waals surface area contributed by atoms with Crippen LogP contribution in [0.5, 0.6) is 0 Å². The zero-order valence-corrected chi connectivity index (χ0v) is 10.3. The Morgan fingerprint density at radius 2 is 2.21 bits per heavy atom. The lowest BCUT2D eigenvalue weighted by Gasteiger charge is -2.30. The molecule has 0 aromatic heterocycles. The molecule has 3 heteroatoms. The van der Waals surface area contributed by atoms with Crippen LogP contribution in [0.25, 0.3) is 0 Å². The Morgan fingerprint density at radius 3 is 2.64 bits per heavy atom. The minimum absolute atomic E-state index is 0.171. The average molecular weight is 261 g/mol. The normalized spacial score (nSPS) is 26.1. The predicted octanol–water partition coefficient (Wildman–Crippen LogP) is 3.04. The standard InChI is InChI=1S/C11H17BrO2/c1-3-13-10-5-7-11(9-12,8-6-10)14-4-2/h5-7H,3-4,8-9H2,1-2H3. The first-order valence-electron chi connectivity index (χ1n) is 4.98. The topological polar surface area (TPSA) is 18.5 Å². The smallest absolute Gasteiger partial charge is 0.115 e. The van der Waals surface area contributed by atoms with Crippen LogP contribution in [-0.4, -0.2) is 24.1 Å². The van der Waals surface area contributed by atoms with E-state index in [9.17, 15) is 0 Å². The van der Waals surface area contributed by atoms with Crippen molar-refractivity contribution < 1.29 is 9.47 Å². The molecule has 0 heterocycles. The van der Waals surface area contributed by atoms with Crippen molar-refractivity contribution in [1.82, 2.24) is 0 Å². The summed E-state index contributed by atoms with van der Waals surface area (Å²) in [5.41, 5.74) is -0.171. The third-order valence-electron chi connectivity index (χ3n) is 2.17. The zero-order chi connectivity index (χ0) is 10.4. The monoisotopic (exact) mass is 260 g/mol. The van der Waals surface area contributed by atoms with E-state index in [1.807, 2.05) is 19.9 Å². The summed E-state index contributed by atoms with van der Waals surface area (Å²) in [5.74, 6) is 0.948. The van der Waals surface area contributed by atoms with Crippen LogP contribution in [0.3, 0.4) is 0 Å². The molecule has 0 amide bonds. The van der Waals surface area contributed by atoms with Crippen LogP contribution in [0.15, 0.2) is 24.0 Å². The second kappa shape index (κ2) is 5.56. The van der Waals surface area contributed by atoms with Gasteiger partial charge in [-0.05, 0) is 32.1 Å². The highest BCUT2D eigenvalue weighted by Crippen LogP contribution is 2.27. The Hall–Kier alpha value is -0.280. The van der Waals surface area contributed by atoms with Gasteiger partial charge in [0.2, 0.25) is 0 Å². The van der Waals surface area contributed by atoms with Crippen molar-refractivity contribution in [3.05, 3.63) is 24.0 Å². The van der Waals surface area contributed by atoms with Crippen molar-refractivity contribution >= 4 is 15.9 Å². The molecule has 14 heavy (non-hydrogen) atoms. The van der Waals surface area contributed by atoms with Gasteiger partial charge in [-0.15, -0.1) is 0 Å². The zero-order valence-electron chi connectivity index (χ0n) is 8.75. The van der Waals surface area contributed by atoms with Gasteiger partial charge in [0.25, 0.3) is 0 Å². The summed E-state index contributed by atoms with van der Waals surface area (Å²) in [6.07, 6.45) is 7.03. The Kier molecular flexibility index (Phi) is 4.69.